The summed E-state index contributed by atoms with van der Waals surface area (Å²) < 4.78 is 43.3. The largest absolute Gasteiger partial charge is 0.466 e. The number of carbonyl (C=O) groups excluding carboxylic acids is 1. The highest BCUT2D eigenvalue weighted by Crippen LogP contribution is 2.39. The number of fused-ring (bicyclic) bond motifs is 1. The minimum atomic E-state index is -4.36. The molecular weight excluding hydrogens is 257 g/mol. The van der Waals surface area contributed by atoms with Crippen molar-refractivity contribution >= 4 is 11.5 Å². The third-order valence-electron chi connectivity index (χ3n) is 3.02. The predicted molar refractivity (Wildman–Crippen MR) is 64.4 cm³/mol. The van der Waals surface area contributed by atoms with Crippen LogP contribution in [0, 0.1) is 0 Å². The molecule has 2 nitrogen and oxygen atoms in total. The number of hydrogen-bond donors (Lipinski definition) is 0. The molecule has 2 rings (SSSR count). The molecule has 0 saturated carbocycles. The summed E-state index contributed by atoms with van der Waals surface area (Å²) in [6.07, 6.45) is -2.47. The lowest BCUT2D eigenvalue weighted by molar-refractivity contribution is -0.141. The summed E-state index contributed by atoms with van der Waals surface area (Å²) >= 11 is 0. The van der Waals surface area contributed by atoms with Crippen LogP contribution in [0.2, 0.25) is 0 Å². The van der Waals surface area contributed by atoms with Gasteiger partial charge < -0.3 is 4.74 Å². The van der Waals surface area contributed by atoms with Crippen molar-refractivity contribution in [3.8, 4) is 0 Å². The number of allylic oxidation sites excluding steroid dienone is 1. The molecule has 0 N–H and O–H groups in total. The van der Waals surface area contributed by atoms with Crippen molar-refractivity contribution in [2.75, 3.05) is 6.61 Å². The molecule has 0 bridgehead atoms. The van der Waals surface area contributed by atoms with E-state index in [1.54, 1.807) is 19.1 Å². The number of hydrogen-bond acceptors (Lipinski definition) is 2. The monoisotopic (exact) mass is 270 g/mol. The van der Waals surface area contributed by atoms with Crippen molar-refractivity contribution in [1.82, 2.24) is 0 Å². The first-order valence-electron chi connectivity index (χ1n) is 5.97. The highest BCUT2D eigenvalue weighted by molar-refractivity contribution is 5.88. The van der Waals surface area contributed by atoms with E-state index >= 15 is 0 Å². The van der Waals surface area contributed by atoms with E-state index in [-0.39, 0.29) is 25.0 Å². The molecule has 0 spiro atoms. The van der Waals surface area contributed by atoms with Crippen LogP contribution in [0.3, 0.4) is 0 Å². The lowest BCUT2D eigenvalue weighted by Crippen LogP contribution is -2.09. The second kappa shape index (κ2) is 5.07. The van der Waals surface area contributed by atoms with E-state index in [2.05, 4.69) is 0 Å². The Balaban J connectivity index is 2.27. The van der Waals surface area contributed by atoms with Gasteiger partial charge in [-0.1, -0.05) is 18.2 Å². The van der Waals surface area contributed by atoms with E-state index in [9.17, 15) is 18.0 Å². The van der Waals surface area contributed by atoms with Gasteiger partial charge in [0.2, 0.25) is 0 Å². The maximum atomic E-state index is 12.8. The van der Waals surface area contributed by atoms with Crippen LogP contribution < -0.4 is 0 Å². The van der Waals surface area contributed by atoms with Crippen molar-refractivity contribution in [2.24, 2.45) is 0 Å². The summed E-state index contributed by atoms with van der Waals surface area (Å²) in [7, 11) is 0. The Hall–Kier alpha value is -1.78. The first-order chi connectivity index (χ1) is 8.93. The van der Waals surface area contributed by atoms with Gasteiger partial charge in [0.1, 0.15) is 0 Å². The minimum absolute atomic E-state index is 0.0160. The fourth-order valence-electron chi connectivity index (χ4n) is 2.24. The Labute approximate surface area is 108 Å². The van der Waals surface area contributed by atoms with Crippen LogP contribution in [0.5, 0.6) is 0 Å². The Bertz CT molecular complexity index is 530. The van der Waals surface area contributed by atoms with Gasteiger partial charge in [-0.05, 0) is 36.1 Å². The van der Waals surface area contributed by atoms with Gasteiger partial charge in [-0.2, -0.15) is 13.2 Å². The van der Waals surface area contributed by atoms with Gasteiger partial charge in [0.25, 0.3) is 0 Å². The molecule has 19 heavy (non-hydrogen) atoms. The van der Waals surface area contributed by atoms with E-state index in [0.717, 1.165) is 6.07 Å². The molecule has 1 aromatic rings. The van der Waals surface area contributed by atoms with Crippen LogP contribution in [0.25, 0.3) is 5.57 Å². The average Bonchev–Trinajstić information content (AvgIpc) is 2.71. The summed E-state index contributed by atoms with van der Waals surface area (Å²) in [6, 6.07) is 4.05. The summed E-state index contributed by atoms with van der Waals surface area (Å²) in [5.41, 5.74) is 0.733. The van der Waals surface area contributed by atoms with Crippen molar-refractivity contribution in [1.29, 1.82) is 0 Å². The number of benzene rings is 1. The predicted octanol–water partition coefficient (Wildman–Crippen LogP) is 3.60. The molecule has 1 aliphatic rings. The van der Waals surface area contributed by atoms with Gasteiger partial charge in [0, 0.05) is 0 Å². The minimum Gasteiger partial charge on any atom is -0.466 e. The quantitative estimate of drug-likeness (QED) is 0.784. The second-order valence-electron chi connectivity index (χ2n) is 4.24. The number of ether oxygens (including phenoxy) is 1. The van der Waals surface area contributed by atoms with Crippen LogP contribution in [0.1, 0.15) is 30.0 Å². The topological polar surface area (TPSA) is 26.3 Å². The van der Waals surface area contributed by atoms with Gasteiger partial charge in [-0.25, -0.2) is 0 Å². The van der Waals surface area contributed by atoms with E-state index in [4.69, 9.17) is 4.74 Å². The Morgan fingerprint density at radius 1 is 1.37 bits per heavy atom. The highest BCUT2D eigenvalue weighted by Gasteiger charge is 2.35. The molecule has 1 aliphatic carbocycles. The normalized spacial score (nSPS) is 14.0. The lowest BCUT2D eigenvalue weighted by atomic mass is 9.98. The van der Waals surface area contributed by atoms with Crippen molar-refractivity contribution in [3.05, 3.63) is 41.0 Å². The molecule has 102 valence electrons. The molecule has 5 heteroatoms. The fourth-order valence-corrected chi connectivity index (χ4v) is 2.24. The molecule has 0 radical (unpaired) electrons. The van der Waals surface area contributed by atoms with Gasteiger partial charge >= 0.3 is 12.1 Å². The third-order valence-corrected chi connectivity index (χ3v) is 3.02. The lowest BCUT2D eigenvalue weighted by Gasteiger charge is -2.13. The highest BCUT2D eigenvalue weighted by atomic mass is 19.4. The zero-order valence-electron chi connectivity index (χ0n) is 10.4. The summed E-state index contributed by atoms with van der Waals surface area (Å²) in [6.45, 7) is 1.96. The molecule has 0 unspecified atom stereocenters. The second-order valence-corrected chi connectivity index (χ2v) is 4.24. The van der Waals surface area contributed by atoms with E-state index in [1.807, 2.05) is 0 Å². The molecular formula is C14H13F3O2. The SMILES string of the molecule is CCOC(=O)CC1=CCc2c1cccc2C(F)(F)F. The smallest absolute Gasteiger partial charge is 0.416 e. The van der Waals surface area contributed by atoms with Gasteiger partial charge in [-0.3, -0.25) is 4.79 Å². The Kier molecular flexibility index (Phi) is 3.64. The van der Waals surface area contributed by atoms with Crippen molar-refractivity contribution < 1.29 is 22.7 Å². The van der Waals surface area contributed by atoms with E-state index in [1.165, 1.54) is 6.07 Å². The zero-order valence-corrected chi connectivity index (χ0v) is 10.4. The van der Waals surface area contributed by atoms with Crippen LogP contribution in [0.4, 0.5) is 13.2 Å². The van der Waals surface area contributed by atoms with Crippen LogP contribution in [-0.4, -0.2) is 12.6 Å². The number of halogens is 3. The van der Waals surface area contributed by atoms with Crippen LogP contribution in [-0.2, 0) is 22.1 Å². The van der Waals surface area contributed by atoms with E-state index < -0.39 is 17.7 Å². The Morgan fingerprint density at radius 2 is 2.11 bits per heavy atom. The van der Waals surface area contributed by atoms with Gasteiger partial charge in [0.05, 0.1) is 18.6 Å². The number of esters is 1. The summed E-state index contributed by atoms with van der Waals surface area (Å²) in [5.74, 6) is -0.418. The molecule has 0 amide bonds. The molecule has 0 fully saturated rings. The number of alkyl halides is 3. The average molecular weight is 270 g/mol. The maximum absolute atomic E-state index is 12.8. The van der Waals surface area contributed by atoms with Crippen LogP contribution >= 0.6 is 0 Å². The first kappa shape index (κ1) is 13.6. The zero-order chi connectivity index (χ0) is 14.0. The molecule has 0 aliphatic heterocycles. The molecule has 0 saturated heterocycles. The van der Waals surface area contributed by atoms with Gasteiger partial charge in [0.15, 0.2) is 0 Å². The van der Waals surface area contributed by atoms with Crippen molar-refractivity contribution in [2.45, 2.75) is 25.9 Å². The molecule has 1 aromatic carbocycles. The Morgan fingerprint density at radius 3 is 2.74 bits per heavy atom. The standard InChI is InChI=1S/C14H13F3O2/c1-2-19-13(18)8-9-6-7-11-10(9)4-3-5-12(11)14(15,16)17/h3-6H,2,7-8H2,1H3. The third kappa shape index (κ3) is 2.80. The number of carbonyl (C=O) groups is 1. The number of rotatable bonds is 3. The molecule has 0 heterocycles. The molecule has 0 atom stereocenters. The fraction of sp³-hybridized carbons (Fsp3) is 0.357. The van der Waals surface area contributed by atoms with E-state index in [0.29, 0.717) is 11.1 Å². The van der Waals surface area contributed by atoms with Crippen molar-refractivity contribution in [3.63, 3.8) is 0 Å². The summed E-state index contributed by atoms with van der Waals surface area (Å²) in [5, 5.41) is 0. The summed E-state index contributed by atoms with van der Waals surface area (Å²) in [4.78, 5) is 11.4. The first-order valence-corrected chi connectivity index (χ1v) is 5.97. The molecule has 0 aromatic heterocycles. The van der Waals surface area contributed by atoms with Crippen LogP contribution in [0.15, 0.2) is 24.3 Å². The van der Waals surface area contributed by atoms with Gasteiger partial charge in [-0.15, -0.1) is 0 Å². The maximum Gasteiger partial charge on any atom is 0.416 e.